The second-order valence-corrected chi connectivity index (χ2v) is 18.2. The normalized spacial score (nSPS) is 9.92. The van der Waals surface area contributed by atoms with E-state index in [4.69, 9.17) is 15.3 Å². The number of benzene rings is 12. The van der Waals surface area contributed by atoms with Gasteiger partial charge in [-0.15, -0.1) is 0 Å². The van der Waals surface area contributed by atoms with Gasteiger partial charge in [0, 0.05) is 7.11 Å². The first-order valence-corrected chi connectivity index (χ1v) is 26.6. The highest BCUT2D eigenvalue weighted by molar-refractivity contribution is 5.67. The van der Waals surface area contributed by atoms with Gasteiger partial charge in [-0.25, -0.2) is 0 Å². The molecule has 79 heavy (non-hydrogen) atoms. The fraction of sp³-hybridized carbons (Fsp3) is 0.0526. The lowest BCUT2D eigenvalue weighted by atomic mass is 9.98. The maximum Gasteiger partial charge on any atom is 0.0681 e. The molecule has 0 aliphatic carbocycles. The van der Waals surface area contributed by atoms with E-state index in [1.165, 1.54) is 77.9 Å². The van der Waals surface area contributed by atoms with Crippen molar-refractivity contribution >= 4 is 0 Å². The Labute approximate surface area is 468 Å². The number of rotatable bonds is 10. The van der Waals surface area contributed by atoms with Crippen molar-refractivity contribution in [2.45, 2.75) is 19.6 Å². The summed E-state index contributed by atoms with van der Waals surface area (Å²) in [6.45, 7) is 0.212. The fourth-order valence-electron chi connectivity index (χ4n) is 8.52. The molecule has 0 heterocycles. The van der Waals surface area contributed by atoms with Crippen molar-refractivity contribution in [3.63, 3.8) is 0 Å². The highest BCUT2D eigenvalue weighted by Gasteiger charge is 2.03. The zero-order valence-electron chi connectivity index (χ0n) is 44.8. The Morgan fingerprint density at radius 3 is 0.430 bits per heavy atom. The monoisotopic (exact) mass is 1030 g/mol. The fourth-order valence-corrected chi connectivity index (χ4v) is 8.52. The predicted molar refractivity (Wildman–Crippen MR) is 334 cm³/mol. The summed E-state index contributed by atoms with van der Waals surface area (Å²) < 4.78 is 0. The lowest BCUT2D eigenvalue weighted by Crippen LogP contribution is -1.88. The lowest BCUT2D eigenvalue weighted by molar-refractivity contribution is 0.281. The highest BCUT2D eigenvalue weighted by Crippen LogP contribution is 2.25. The second kappa shape index (κ2) is 32.8. The summed E-state index contributed by atoms with van der Waals surface area (Å²) in [6, 6.07) is 117. The van der Waals surface area contributed by atoms with E-state index in [9.17, 15) is 0 Å². The van der Waals surface area contributed by atoms with E-state index in [0.29, 0.717) is 0 Å². The third-order valence-electron chi connectivity index (χ3n) is 12.8. The van der Waals surface area contributed by atoms with Crippen molar-refractivity contribution in [1.82, 2.24) is 0 Å². The summed E-state index contributed by atoms with van der Waals surface area (Å²) in [5.41, 5.74) is 19.5. The standard InChI is InChI=1S/C25H20.2C13H12O.2C12H10.CH4O/c1-3-7-22(8-4-1)24-15-11-20(12-16-24)19-21-13-17-25(18-14-21)23-9-5-2-6-10-23;2*14-10-11-6-8-13(9-7-11)12-4-2-1-3-5-12;2*1-3-7-11(8-4-1)12-9-5-2-6-10-12;1-2/h1-18H,19H2;2*1-9,14H,10H2;2*1-10H;2H,1H3. The molecule has 0 fully saturated rings. The topological polar surface area (TPSA) is 60.7 Å². The van der Waals surface area contributed by atoms with E-state index in [1.54, 1.807) is 0 Å². The summed E-state index contributed by atoms with van der Waals surface area (Å²) in [4.78, 5) is 0. The quantitative estimate of drug-likeness (QED) is 0.128. The molecule has 0 saturated carbocycles. The molecule has 0 radical (unpaired) electrons. The van der Waals surface area contributed by atoms with Crippen molar-refractivity contribution < 1.29 is 15.3 Å². The van der Waals surface area contributed by atoms with Gasteiger partial charge in [-0.3, -0.25) is 0 Å². The maximum absolute atomic E-state index is 8.90. The van der Waals surface area contributed by atoms with Gasteiger partial charge in [0.15, 0.2) is 0 Å². The number of aliphatic hydroxyl groups is 3. The number of aliphatic hydroxyl groups excluding tert-OH is 3. The minimum absolute atomic E-state index is 0.106. The summed E-state index contributed by atoms with van der Waals surface area (Å²) >= 11 is 0. The largest absolute Gasteiger partial charge is 0.400 e. The molecule has 0 amide bonds. The molecule has 0 bridgehead atoms. The molecule has 0 unspecified atom stereocenters. The van der Waals surface area contributed by atoms with Crippen LogP contribution in [0.15, 0.2) is 340 Å². The van der Waals surface area contributed by atoms with Crippen molar-refractivity contribution in [2.75, 3.05) is 7.11 Å². The van der Waals surface area contributed by atoms with Gasteiger partial charge in [-0.1, -0.05) is 340 Å². The Kier molecular flexibility index (Phi) is 23.8. The van der Waals surface area contributed by atoms with Gasteiger partial charge in [0.05, 0.1) is 13.2 Å². The molecule has 0 atom stereocenters. The minimum Gasteiger partial charge on any atom is -0.400 e. The number of hydrogen-bond acceptors (Lipinski definition) is 3. The Balaban J connectivity index is 0.000000147. The van der Waals surface area contributed by atoms with Crippen LogP contribution in [0.4, 0.5) is 0 Å². The molecule has 12 aromatic rings. The van der Waals surface area contributed by atoms with Crippen molar-refractivity contribution in [3.8, 4) is 66.8 Å². The molecule has 12 aromatic carbocycles. The summed E-state index contributed by atoms with van der Waals surface area (Å²) in [5.74, 6) is 0. The van der Waals surface area contributed by atoms with Gasteiger partial charge in [-0.2, -0.15) is 0 Å². The zero-order chi connectivity index (χ0) is 55.0. The minimum atomic E-state index is 0.106. The summed E-state index contributed by atoms with van der Waals surface area (Å²) in [7, 11) is 1.00. The average molecular weight is 1030 g/mol. The molecule has 3 nitrogen and oxygen atoms in total. The average Bonchev–Trinajstić information content (AvgIpc) is 3.56. The van der Waals surface area contributed by atoms with Gasteiger partial charge in [0.2, 0.25) is 0 Å². The molecular formula is C76H68O3. The lowest BCUT2D eigenvalue weighted by Gasteiger charge is -2.07. The smallest absolute Gasteiger partial charge is 0.0681 e. The number of hydrogen-bond donors (Lipinski definition) is 3. The first kappa shape index (κ1) is 57.2. The van der Waals surface area contributed by atoms with Crippen molar-refractivity contribution in [3.05, 3.63) is 362 Å². The molecule has 390 valence electrons. The highest BCUT2D eigenvalue weighted by atomic mass is 16.3. The SMILES string of the molecule is CO.OCc1ccc(-c2ccccc2)cc1.OCc1ccc(-c2ccccc2)cc1.c1ccc(-c2ccc(Cc3ccc(-c4ccccc4)cc3)cc2)cc1.c1ccc(-c2ccccc2)cc1.c1ccc(-c2ccccc2)cc1. The van der Waals surface area contributed by atoms with E-state index in [-0.39, 0.29) is 13.2 Å². The molecule has 0 aliphatic rings. The molecule has 3 heteroatoms. The van der Waals surface area contributed by atoms with Crippen molar-refractivity contribution in [1.29, 1.82) is 0 Å². The van der Waals surface area contributed by atoms with Crippen molar-refractivity contribution in [2.24, 2.45) is 0 Å². The van der Waals surface area contributed by atoms with Crippen LogP contribution in [0.25, 0.3) is 66.8 Å². The summed E-state index contributed by atoms with van der Waals surface area (Å²) in [6.07, 6.45) is 0.962. The van der Waals surface area contributed by atoms with Crippen LogP contribution in [0, 0.1) is 0 Å². The predicted octanol–water partition coefficient (Wildman–Crippen LogP) is 18.6. The van der Waals surface area contributed by atoms with E-state index in [1.807, 2.05) is 109 Å². The van der Waals surface area contributed by atoms with Gasteiger partial charge >= 0.3 is 0 Å². The Hall–Kier alpha value is -9.48. The van der Waals surface area contributed by atoms with Crippen LogP contribution in [-0.2, 0) is 19.6 Å². The van der Waals surface area contributed by atoms with Crippen LogP contribution in [0.3, 0.4) is 0 Å². The Morgan fingerprint density at radius 2 is 0.291 bits per heavy atom. The zero-order valence-corrected chi connectivity index (χ0v) is 44.8. The molecule has 3 N–H and O–H groups in total. The van der Waals surface area contributed by atoms with E-state index in [0.717, 1.165) is 24.7 Å². The van der Waals surface area contributed by atoms with Crippen LogP contribution in [-0.4, -0.2) is 22.4 Å². The van der Waals surface area contributed by atoms with Crippen LogP contribution in [0.2, 0.25) is 0 Å². The van der Waals surface area contributed by atoms with Gasteiger partial charge in [0.25, 0.3) is 0 Å². The molecule has 0 aliphatic heterocycles. The van der Waals surface area contributed by atoms with Crippen LogP contribution in [0.5, 0.6) is 0 Å². The molecular weight excluding hydrogens is 961 g/mol. The third-order valence-corrected chi connectivity index (χ3v) is 12.8. The molecule has 0 aromatic heterocycles. The van der Waals surface area contributed by atoms with Gasteiger partial charge in [0.1, 0.15) is 0 Å². The van der Waals surface area contributed by atoms with E-state index >= 15 is 0 Å². The molecule has 0 saturated heterocycles. The Morgan fingerprint density at radius 1 is 0.165 bits per heavy atom. The second-order valence-electron chi connectivity index (χ2n) is 18.2. The first-order chi connectivity index (χ1) is 39.1. The van der Waals surface area contributed by atoms with Gasteiger partial charge < -0.3 is 15.3 Å². The van der Waals surface area contributed by atoms with Crippen LogP contribution < -0.4 is 0 Å². The summed E-state index contributed by atoms with van der Waals surface area (Å²) in [5, 5.41) is 24.8. The Bertz CT molecular complexity index is 3140. The van der Waals surface area contributed by atoms with Crippen LogP contribution >= 0.6 is 0 Å². The van der Waals surface area contributed by atoms with Crippen LogP contribution in [0.1, 0.15) is 22.3 Å². The van der Waals surface area contributed by atoms with E-state index in [2.05, 4.69) is 231 Å². The first-order valence-electron chi connectivity index (χ1n) is 26.6. The van der Waals surface area contributed by atoms with E-state index < -0.39 is 0 Å². The third kappa shape index (κ3) is 18.9. The van der Waals surface area contributed by atoms with Gasteiger partial charge in [-0.05, 0) is 95.4 Å². The maximum atomic E-state index is 8.90. The molecule has 12 rings (SSSR count). The molecule has 0 spiro atoms.